The highest BCUT2D eigenvalue weighted by Crippen LogP contribution is 2.28. The van der Waals surface area contributed by atoms with Gasteiger partial charge in [-0.15, -0.1) is 0 Å². The number of hydrogen-bond acceptors (Lipinski definition) is 6. The highest BCUT2D eigenvalue weighted by Gasteiger charge is 2.23. The Bertz CT molecular complexity index is 1180. The fourth-order valence-corrected chi connectivity index (χ4v) is 3.33. The molecule has 0 aliphatic carbocycles. The topological polar surface area (TPSA) is 155 Å². The molecule has 23 heavy (non-hydrogen) atoms. The fourth-order valence-electron chi connectivity index (χ4n) is 2.29. The maximum atomic E-state index is 12.1. The van der Waals surface area contributed by atoms with Crippen molar-refractivity contribution in [3.05, 3.63) is 61.2 Å². The van der Waals surface area contributed by atoms with Crippen LogP contribution in [-0.2, 0) is 10.0 Å². The number of nitro groups is 1. The number of hydrazine groups is 1. The highest BCUT2D eigenvalue weighted by atomic mass is 32.2. The Morgan fingerprint density at radius 1 is 1.04 bits per heavy atom. The number of rotatable bonds is 3. The number of nitrogens with zero attached hydrogens (tertiary/aromatic N) is 1. The van der Waals surface area contributed by atoms with Gasteiger partial charge in [0, 0.05) is 10.8 Å². The average molecular weight is 336 g/mol. The standard InChI is InChI=1S/C12H8N4O6S/c17-11-12(18)14-10-7-4-2-1-3-6(7)9(5-8(10)13-11)23(21,22)15-16(19)20/h1-5,15H,(H,13,17)(H,14,18). The molecule has 118 valence electrons. The summed E-state index contributed by atoms with van der Waals surface area (Å²) in [6, 6.07) is 7.16. The van der Waals surface area contributed by atoms with Crippen molar-refractivity contribution < 1.29 is 13.5 Å². The fraction of sp³-hybridized carbons (Fsp3) is 0. The largest absolute Gasteiger partial charge is 0.316 e. The minimum absolute atomic E-state index is 0.0389. The zero-order valence-electron chi connectivity index (χ0n) is 11.2. The van der Waals surface area contributed by atoms with Gasteiger partial charge in [-0.05, 0) is 10.9 Å². The van der Waals surface area contributed by atoms with Crippen molar-refractivity contribution in [2.75, 3.05) is 0 Å². The summed E-state index contributed by atoms with van der Waals surface area (Å²) in [6.45, 7) is 0. The Kier molecular flexibility index (Phi) is 3.14. The lowest BCUT2D eigenvalue weighted by Gasteiger charge is -2.09. The third kappa shape index (κ3) is 2.42. The van der Waals surface area contributed by atoms with Crippen LogP contribution in [0.25, 0.3) is 21.8 Å². The summed E-state index contributed by atoms with van der Waals surface area (Å²) in [4.78, 5) is 38.9. The van der Waals surface area contributed by atoms with E-state index >= 15 is 0 Å². The maximum Gasteiger partial charge on any atom is 0.314 e. The first-order chi connectivity index (χ1) is 10.8. The molecule has 0 saturated carbocycles. The summed E-state index contributed by atoms with van der Waals surface area (Å²) in [6.07, 6.45) is 0. The number of benzene rings is 2. The van der Waals surface area contributed by atoms with Crippen LogP contribution in [-0.4, -0.2) is 23.4 Å². The van der Waals surface area contributed by atoms with Crippen LogP contribution in [0.4, 0.5) is 0 Å². The minimum atomic E-state index is -4.46. The van der Waals surface area contributed by atoms with Crippen LogP contribution in [0.15, 0.2) is 44.8 Å². The normalized spacial score (nSPS) is 11.7. The average Bonchev–Trinajstić information content (AvgIpc) is 2.46. The van der Waals surface area contributed by atoms with Crippen LogP contribution in [0.1, 0.15) is 0 Å². The zero-order chi connectivity index (χ0) is 16.8. The summed E-state index contributed by atoms with van der Waals surface area (Å²) in [5, 5.41) is 9.79. The molecule has 0 aliphatic rings. The Labute approximate surface area is 126 Å². The van der Waals surface area contributed by atoms with Crippen LogP contribution >= 0.6 is 0 Å². The van der Waals surface area contributed by atoms with Gasteiger partial charge in [-0.25, -0.2) is 10.1 Å². The molecule has 0 atom stereocenters. The van der Waals surface area contributed by atoms with Crippen LogP contribution in [0.2, 0.25) is 0 Å². The lowest BCUT2D eigenvalue weighted by Crippen LogP contribution is -2.31. The Hall–Kier alpha value is -3.21. The molecule has 3 rings (SSSR count). The first-order valence-electron chi connectivity index (χ1n) is 6.14. The number of aromatic amines is 2. The monoisotopic (exact) mass is 336 g/mol. The van der Waals surface area contributed by atoms with Gasteiger partial charge in [-0.3, -0.25) is 9.59 Å². The van der Waals surface area contributed by atoms with E-state index in [0.717, 1.165) is 6.07 Å². The van der Waals surface area contributed by atoms with Gasteiger partial charge in [0.15, 0.2) is 5.03 Å². The van der Waals surface area contributed by atoms with Crippen molar-refractivity contribution in [1.29, 1.82) is 0 Å². The van der Waals surface area contributed by atoms with Gasteiger partial charge in [0.05, 0.1) is 11.0 Å². The Morgan fingerprint density at radius 3 is 2.30 bits per heavy atom. The SMILES string of the molecule is O=c1[nH]c2cc(S(=O)(=O)N[N+](=O)[O-])c3ccccc3c2[nH]c1=O. The number of H-pyrrole nitrogens is 2. The minimum Gasteiger partial charge on any atom is -0.316 e. The van der Waals surface area contributed by atoms with E-state index in [9.17, 15) is 28.1 Å². The predicted molar refractivity (Wildman–Crippen MR) is 80.0 cm³/mol. The lowest BCUT2D eigenvalue weighted by atomic mass is 10.1. The first-order valence-corrected chi connectivity index (χ1v) is 7.63. The molecule has 0 aliphatic heterocycles. The van der Waals surface area contributed by atoms with Crippen molar-refractivity contribution in [1.82, 2.24) is 14.8 Å². The number of sulfonamides is 1. The third-order valence-electron chi connectivity index (χ3n) is 3.18. The lowest BCUT2D eigenvalue weighted by molar-refractivity contribution is -0.518. The van der Waals surface area contributed by atoms with Crippen molar-refractivity contribution in [3.8, 4) is 0 Å². The molecule has 2 aromatic carbocycles. The second-order valence-electron chi connectivity index (χ2n) is 4.60. The third-order valence-corrected chi connectivity index (χ3v) is 4.49. The summed E-state index contributed by atoms with van der Waals surface area (Å²) in [7, 11) is -4.46. The first kappa shape index (κ1) is 14.7. The van der Waals surface area contributed by atoms with Crippen molar-refractivity contribution in [2.24, 2.45) is 0 Å². The van der Waals surface area contributed by atoms with Crippen LogP contribution in [0.5, 0.6) is 0 Å². The molecule has 11 heteroatoms. The molecule has 1 heterocycles. The van der Waals surface area contributed by atoms with E-state index in [0.29, 0.717) is 5.39 Å². The molecule has 0 spiro atoms. The second-order valence-corrected chi connectivity index (χ2v) is 6.23. The Balaban J connectivity index is 2.51. The molecule has 10 nitrogen and oxygen atoms in total. The predicted octanol–water partition coefficient (Wildman–Crippen LogP) is -0.160. The van der Waals surface area contributed by atoms with Crippen LogP contribution in [0.3, 0.4) is 0 Å². The van der Waals surface area contributed by atoms with Gasteiger partial charge in [0.25, 0.3) is 0 Å². The molecule has 0 amide bonds. The summed E-state index contributed by atoms with van der Waals surface area (Å²) < 4.78 is 24.3. The van der Waals surface area contributed by atoms with Crippen LogP contribution < -0.4 is 15.9 Å². The van der Waals surface area contributed by atoms with E-state index in [2.05, 4.69) is 9.97 Å². The van der Waals surface area contributed by atoms with Crippen molar-refractivity contribution in [3.63, 3.8) is 0 Å². The van der Waals surface area contributed by atoms with E-state index in [-0.39, 0.29) is 21.3 Å². The van der Waals surface area contributed by atoms with Gasteiger partial charge in [0.2, 0.25) is 0 Å². The van der Waals surface area contributed by atoms with Gasteiger partial charge >= 0.3 is 21.1 Å². The van der Waals surface area contributed by atoms with Gasteiger partial charge < -0.3 is 9.97 Å². The number of hydrogen-bond donors (Lipinski definition) is 3. The Morgan fingerprint density at radius 2 is 1.65 bits per heavy atom. The molecular weight excluding hydrogens is 328 g/mol. The molecule has 0 fully saturated rings. The number of nitrogens with one attached hydrogen (secondary N) is 3. The highest BCUT2D eigenvalue weighted by molar-refractivity contribution is 7.89. The van der Waals surface area contributed by atoms with Gasteiger partial charge in [-0.1, -0.05) is 24.3 Å². The molecule has 3 aromatic rings. The van der Waals surface area contributed by atoms with Gasteiger partial charge in [0.1, 0.15) is 4.90 Å². The number of fused-ring (bicyclic) bond motifs is 3. The summed E-state index contributed by atoms with van der Waals surface area (Å²) in [5.74, 6) is 0. The molecule has 3 N–H and O–H groups in total. The molecule has 0 radical (unpaired) electrons. The molecule has 0 bridgehead atoms. The molecule has 0 saturated heterocycles. The van der Waals surface area contributed by atoms with E-state index < -0.39 is 26.2 Å². The molecule has 0 unspecified atom stereocenters. The van der Waals surface area contributed by atoms with E-state index in [1.54, 1.807) is 12.1 Å². The molecule has 1 aromatic heterocycles. The second kappa shape index (κ2) is 4.91. The van der Waals surface area contributed by atoms with E-state index in [1.807, 2.05) is 0 Å². The summed E-state index contributed by atoms with van der Waals surface area (Å²) >= 11 is 0. The van der Waals surface area contributed by atoms with Crippen LogP contribution in [0, 0.1) is 10.1 Å². The van der Waals surface area contributed by atoms with E-state index in [4.69, 9.17) is 0 Å². The maximum absolute atomic E-state index is 12.1. The van der Waals surface area contributed by atoms with Gasteiger partial charge in [-0.2, -0.15) is 8.42 Å². The van der Waals surface area contributed by atoms with Crippen molar-refractivity contribution >= 4 is 31.8 Å². The number of aromatic nitrogens is 2. The van der Waals surface area contributed by atoms with Crippen molar-refractivity contribution in [2.45, 2.75) is 4.90 Å². The van der Waals surface area contributed by atoms with E-state index in [1.165, 1.54) is 17.0 Å². The summed E-state index contributed by atoms with van der Waals surface area (Å²) in [5.41, 5.74) is -1.58. The zero-order valence-corrected chi connectivity index (χ0v) is 12.0. The molecular formula is C12H8N4O6S. The smallest absolute Gasteiger partial charge is 0.314 e. The quantitative estimate of drug-likeness (QED) is 0.261.